The second-order valence-electron chi connectivity index (χ2n) is 7.02. The molecule has 1 aliphatic heterocycles. The summed E-state index contributed by atoms with van der Waals surface area (Å²) in [5, 5.41) is 10.3. The van der Waals surface area contributed by atoms with Crippen molar-refractivity contribution in [2.24, 2.45) is 4.99 Å². The maximum absolute atomic E-state index is 4.68. The highest BCUT2D eigenvalue weighted by molar-refractivity contribution is 14.0. The van der Waals surface area contributed by atoms with Crippen LogP contribution in [0, 0.1) is 0 Å². The Hall–Kier alpha value is -1.35. The summed E-state index contributed by atoms with van der Waals surface area (Å²) in [5.41, 5.74) is 2.38. The van der Waals surface area contributed by atoms with E-state index in [1.165, 1.54) is 17.1 Å². The van der Waals surface area contributed by atoms with Crippen LogP contribution >= 0.6 is 35.3 Å². The molecule has 148 valence electrons. The highest BCUT2D eigenvalue weighted by atomic mass is 127. The highest BCUT2D eigenvalue weighted by Crippen LogP contribution is 2.20. The monoisotopic (exact) mass is 499 g/mol. The third-order valence-electron chi connectivity index (χ3n) is 4.61. The molecule has 1 aromatic carbocycles. The molecule has 0 amide bonds. The Balaban J connectivity index is 0.00000261. The van der Waals surface area contributed by atoms with Crippen LogP contribution in [0.25, 0.3) is 0 Å². The maximum atomic E-state index is 4.68. The van der Waals surface area contributed by atoms with Gasteiger partial charge in [0.1, 0.15) is 0 Å². The fourth-order valence-corrected chi connectivity index (χ4v) is 4.03. The van der Waals surface area contributed by atoms with Crippen molar-refractivity contribution >= 4 is 47.0 Å². The summed E-state index contributed by atoms with van der Waals surface area (Å²) in [5.74, 6) is 1.33. The van der Waals surface area contributed by atoms with Gasteiger partial charge in [0, 0.05) is 43.2 Å². The van der Waals surface area contributed by atoms with Gasteiger partial charge in [-0.05, 0) is 25.0 Å². The first-order chi connectivity index (χ1) is 12.7. The van der Waals surface area contributed by atoms with E-state index in [4.69, 9.17) is 0 Å². The van der Waals surface area contributed by atoms with Crippen LogP contribution in [-0.4, -0.2) is 37.1 Å². The Kier molecular flexibility index (Phi) is 8.82. The number of nitrogens with zero attached hydrogens (tertiary/aromatic N) is 3. The zero-order chi connectivity index (χ0) is 18.4. The molecule has 0 radical (unpaired) electrons. The van der Waals surface area contributed by atoms with Gasteiger partial charge in [-0.2, -0.15) is 0 Å². The quantitative estimate of drug-likeness (QED) is 0.368. The van der Waals surface area contributed by atoms with E-state index in [-0.39, 0.29) is 24.0 Å². The van der Waals surface area contributed by atoms with E-state index in [1.807, 2.05) is 7.05 Å². The highest BCUT2D eigenvalue weighted by Gasteiger charge is 2.21. The molecule has 0 saturated carbocycles. The molecule has 0 aliphatic carbocycles. The molecular formula is C20H30IN5S. The van der Waals surface area contributed by atoms with Crippen LogP contribution in [0.2, 0.25) is 0 Å². The number of para-hydroxylation sites is 1. The van der Waals surface area contributed by atoms with E-state index < -0.39 is 0 Å². The standard InChI is InChI=1S/C20H29N5S.HI/c1-15(2)19-23-17(14-26-19)12-22-20(21-3)24-16-8-7-11-25(13-16)18-9-5-4-6-10-18;/h4-6,9-10,14-16H,7-8,11-13H2,1-3H3,(H2,21,22,24);1H. The first-order valence-electron chi connectivity index (χ1n) is 9.37. The largest absolute Gasteiger partial charge is 0.369 e. The molecule has 1 atom stereocenters. The predicted molar refractivity (Wildman–Crippen MR) is 127 cm³/mol. The number of halogens is 1. The van der Waals surface area contributed by atoms with Crippen LogP contribution in [0.3, 0.4) is 0 Å². The number of anilines is 1. The molecule has 5 nitrogen and oxygen atoms in total. The van der Waals surface area contributed by atoms with Gasteiger partial charge in [0.05, 0.1) is 17.2 Å². The second kappa shape index (κ2) is 10.8. The molecule has 2 heterocycles. The topological polar surface area (TPSA) is 52.6 Å². The summed E-state index contributed by atoms with van der Waals surface area (Å²) in [6.45, 7) is 7.18. The lowest BCUT2D eigenvalue weighted by molar-refractivity contribution is 0.468. The Morgan fingerprint density at radius 3 is 2.78 bits per heavy atom. The number of thiazole rings is 1. The Morgan fingerprint density at radius 1 is 1.33 bits per heavy atom. The summed E-state index contributed by atoms with van der Waals surface area (Å²) in [6.07, 6.45) is 2.35. The maximum Gasteiger partial charge on any atom is 0.191 e. The molecule has 2 N–H and O–H groups in total. The van der Waals surface area contributed by atoms with Crippen LogP contribution in [0.15, 0.2) is 40.7 Å². The van der Waals surface area contributed by atoms with Crippen molar-refractivity contribution in [1.29, 1.82) is 0 Å². The van der Waals surface area contributed by atoms with Crippen LogP contribution in [-0.2, 0) is 6.54 Å². The molecule has 1 saturated heterocycles. The predicted octanol–water partition coefficient (Wildman–Crippen LogP) is 4.22. The summed E-state index contributed by atoms with van der Waals surface area (Å²) < 4.78 is 0. The summed E-state index contributed by atoms with van der Waals surface area (Å²) in [7, 11) is 1.83. The average molecular weight is 499 g/mol. The molecule has 2 aromatic rings. The van der Waals surface area contributed by atoms with Crippen LogP contribution in [0.4, 0.5) is 5.69 Å². The number of aliphatic imine (C=N–C) groups is 1. The number of piperidine rings is 1. The molecule has 1 aliphatic rings. The molecule has 0 bridgehead atoms. The van der Waals surface area contributed by atoms with E-state index in [9.17, 15) is 0 Å². The molecular weight excluding hydrogens is 469 g/mol. The van der Waals surface area contributed by atoms with E-state index in [2.05, 4.69) is 75.1 Å². The van der Waals surface area contributed by atoms with Gasteiger partial charge in [-0.15, -0.1) is 35.3 Å². The number of aromatic nitrogens is 1. The van der Waals surface area contributed by atoms with Gasteiger partial charge in [-0.25, -0.2) is 4.98 Å². The first-order valence-corrected chi connectivity index (χ1v) is 10.2. The minimum Gasteiger partial charge on any atom is -0.369 e. The Bertz CT molecular complexity index is 716. The number of hydrogen-bond donors (Lipinski definition) is 2. The van der Waals surface area contributed by atoms with E-state index in [0.29, 0.717) is 18.5 Å². The lowest BCUT2D eigenvalue weighted by Gasteiger charge is -2.35. The number of guanidine groups is 1. The number of nitrogens with one attached hydrogen (secondary N) is 2. The Labute approximate surface area is 183 Å². The van der Waals surface area contributed by atoms with Gasteiger partial charge in [-0.3, -0.25) is 4.99 Å². The third kappa shape index (κ3) is 6.34. The number of benzene rings is 1. The van der Waals surface area contributed by atoms with Crippen LogP contribution < -0.4 is 15.5 Å². The molecule has 1 unspecified atom stereocenters. The van der Waals surface area contributed by atoms with Crippen molar-refractivity contribution in [2.75, 3.05) is 25.0 Å². The van der Waals surface area contributed by atoms with Gasteiger partial charge in [0.25, 0.3) is 0 Å². The van der Waals surface area contributed by atoms with Crippen LogP contribution in [0.5, 0.6) is 0 Å². The number of hydrogen-bond acceptors (Lipinski definition) is 4. The second-order valence-corrected chi connectivity index (χ2v) is 7.91. The van der Waals surface area contributed by atoms with Gasteiger partial charge in [0.2, 0.25) is 0 Å². The van der Waals surface area contributed by atoms with Crippen molar-refractivity contribution < 1.29 is 0 Å². The third-order valence-corrected chi connectivity index (χ3v) is 5.80. The van der Waals surface area contributed by atoms with Gasteiger partial charge >= 0.3 is 0 Å². The Morgan fingerprint density at radius 2 is 2.11 bits per heavy atom. The summed E-state index contributed by atoms with van der Waals surface area (Å²) in [6, 6.07) is 11.0. The zero-order valence-electron chi connectivity index (χ0n) is 16.3. The molecule has 27 heavy (non-hydrogen) atoms. The van der Waals surface area contributed by atoms with E-state index in [0.717, 1.165) is 31.2 Å². The van der Waals surface area contributed by atoms with E-state index >= 15 is 0 Å². The minimum atomic E-state index is 0. The summed E-state index contributed by atoms with van der Waals surface area (Å²) in [4.78, 5) is 11.5. The molecule has 7 heteroatoms. The minimum absolute atomic E-state index is 0. The lowest BCUT2D eigenvalue weighted by Crippen LogP contribution is -2.51. The van der Waals surface area contributed by atoms with Gasteiger partial charge in [-0.1, -0.05) is 32.0 Å². The van der Waals surface area contributed by atoms with Crippen LogP contribution in [0.1, 0.15) is 43.3 Å². The fourth-order valence-electron chi connectivity index (χ4n) is 3.20. The normalized spacial score (nSPS) is 17.6. The smallest absolute Gasteiger partial charge is 0.191 e. The SMILES string of the molecule is CN=C(NCc1csc(C(C)C)n1)NC1CCCN(c2ccccc2)C1.I. The van der Waals surface area contributed by atoms with Crippen molar-refractivity contribution in [3.05, 3.63) is 46.4 Å². The van der Waals surface area contributed by atoms with Crippen molar-refractivity contribution in [3.63, 3.8) is 0 Å². The average Bonchev–Trinajstić information content (AvgIpc) is 3.15. The molecule has 0 spiro atoms. The molecule has 1 fully saturated rings. The van der Waals surface area contributed by atoms with E-state index in [1.54, 1.807) is 11.3 Å². The lowest BCUT2D eigenvalue weighted by atomic mass is 10.1. The molecule has 1 aromatic heterocycles. The van der Waals surface area contributed by atoms with Crippen molar-refractivity contribution in [3.8, 4) is 0 Å². The van der Waals surface area contributed by atoms with Crippen molar-refractivity contribution in [1.82, 2.24) is 15.6 Å². The fraction of sp³-hybridized carbons (Fsp3) is 0.500. The molecule has 3 rings (SSSR count). The zero-order valence-corrected chi connectivity index (χ0v) is 19.5. The van der Waals surface area contributed by atoms with Gasteiger partial charge < -0.3 is 15.5 Å². The van der Waals surface area contributed by atoms with Gasteiger partial charge in [0.15, 0.2) is 5.96 Å². The number of rotatable bonds is 5. The first kappa shape index (κ1) is 21.9. The summed E-state index contributed by atoms with van der Waals surface area (Å²) >= 11 is 1.73. The van der Waals surface area contributed by atoms with Crippen molar-refractivity contribution in [2.45, 2.75) is 45.2 Å².